The predicted molar refractivity (Wildman–Crippen MR) is 74.7 cm³/mol. The largest absolute Gasteiger partial charge is 0.316 e. The van der Waals surface area contributed by atoms with Gasteiger partial charge in [-0.3, -0.25) is 0 Å². The molecule has 0 radical (unpaired) electrons. The third-order valence-corrected chi connectivity index (χ3v) is 3.55. The van der Waals surface area contributed by atoms with Gasteiger partial charge in [-0.1, -0.05) is 54.4 Å². The second-order valence-electron chi connectivity index (χ2n) is 6.14. The van der Waals surface area contributed by atoms with Crippen LogP contribution in [-0.2, 0) is 0 Å². The Kier molecular flexibility index (Phi) is 9.02. The summed E-state index contributed by atoms with van der Waals surface area (Å²) in [6.07, 6.45) is 4.10. The summed E-state index contributed by atoms with van der Waals surface area (Å²) in [5, 5.41) is 3.57. The molecule has 0 saturated carbocycles. The third-order valence-electron chi connectivity index (χ3n) is 3.55. The van der Waals surface area contributed by atoms with Crippen molar-refractivity contribution in [3.63, 3.8) is 0 Å². The van der Waals surface area contributed by atoms with Gasteiger partial charge in [0.25, 0.3) is 0 Å². The summed E-state index contributed by atoms with van der Waals surface area (Å²) in [5.41, 5.74) is 0. The Morgan fingerprint density at radius 2 is 1.50 bits per heavy atom. The van der Waals surface area contributed by atoms with Gasteiger partial charge in [0.1, 0.15) is 0 Å². The van der Waals surface area contributed by atoms with Gasteiger partial charge < -0.3 is 5.32 Å². The smallest absolute Gasteiger partial charge is 0.00205 e. The highest BCUT2D eigenvalue weighted by Crippen LogP contribution is 2.22. The van der Waals surface area contributed by atoms with Gasteiger partial charge in [-0.2, -0.15) is 0 Å². The first kappa shape index (κ1) is 16.0. The molecule has 0 heterocycles. The molecule has 3 atom stereocenters. The van der Waals surface area contributed by atoms with Crippen molar-refractivity contribution < 1.29 is 0 Å². The van der Waals surface area contributed by atoms with Crippen molar-refractivity contribution in [3.05, 3.63) is 0 Å². The quantitative estimate of drug-likeness (QED) is 0.618. The molecule has 16 heavy (non-hydrogen) atoms. The fourth-order valence-corrected chi connectivity index (χ4v) is 2.28. The van der Waals surface area contributed by atoms with Crippen LogP contribution in [0.3, 0.4) is 0 Å². The average molecular weight is 227 g/mol. The maximum Gasteiger partial charge on any atom is -0.00205 e. The van der Waals surface area contributed by atoms with Crippen LogP contribution in [0.25, 0.3) is 0 Å². The lowest BCUT2D eigenvalue weighted by Crippen LogP contribution is -2.28. The maximum atomic E-state index is 3.57. The first-order valence-electron chi connectivity index (χ1n) is 7.18. The molecular weight excluding hydrogens is 194 g/mol. The van der Waals surface area contributed by atoms with E-state index >= 15 is 0 Å². The zero-order chi connectivity index (χ0) is 12.6. The monoisotopic (exact) mass is 227 g/mol. The standard InChI is InChI=1S/C15H33N/c1-7-8-13(4)9-14(5)15(6)11-16-10-12(2)3/h12-16H,7-11H2,1-6H3. The van der Waals surface area contributed by atoms with Gasteiger partial charge in [-0.25, -0.2) is 0 Å². The molecule has 0 rings (SSSR count). The number of nitrogens with one attached hydrogen (secondary N) is 1. The highest BCUT2D eigenvalue weighted by atomic mass is 14.9. The molecule has 0 amide bonds. The first-order chi connectivity index (χ1) is 7.47. The van der Waals surface area contributed by atoms with Gasteiger partial charge in [0, 0.05) is 0 Å². The van der Waals surface area contributed by atoms with E-state index in [1.54, 1.807) is 0 Å². The highest BCUT2D eigenvalue weighted by molar-refractivity contribution is 4.68. The van der Waals surface area contributed by atoms with Crippen molar-refractivity contribution in [2.24, 2.45) is 23.7 Å². The fraction of sp³-hybridized carbons (Fsp3) is 1.00. The summed E-state index contributed by atoms with van der Waals surface area (Å²) in [4.78, 5) is 0. The molecule has 0 aliphatic carbocycles. The van der Waals surface area contributed by atoms with Crippen LogP contribution in [0.15, 0.2) is 0 Å². The maximum absolute atomic E-state index is 3.57. The van der Waals surface area contributed by atoms with Gasteiger partial charge in [0.05, 0.1) is 0 Å². The Labute approximate surface area is 103 Å². The molecular formula is C15H33N. The average Bonchev–Trinajstić information content (AvgIpc) is 2.17. The van der Waals surface area contributed by atoms with Gasteiger partial charge in [0.15, 0.2) is 0 Å². The normalized spacial score (nSPS) is 17.4. The van der Waals surface area contributed by atoms with Crippen LogP contribution < -0.4 is 5.32 Å². The topological polar surface area (TPSA) is 12.0 Å². The lowest BCUT2D eigenvalue weighted by atomic mass is 9.86. The van der Waals surface area contributed by atoms with E-state index in [9.17, 15) is 0 Å². The predicted octanol–water partition coefficient (Wildman–Crippen LogP) is 4.33. The SMILES string of the molecule is CCCC(C)CC(C)C(C)CNCC(C)C. The molecule has 0 aromatic rings. The summed E-state index contributed by atoms with van der Waals surface area (Å²) in [6, 6.07) is 0. The molecule has 0 bridgehead atoms. The second-order valence-corrected chi connectivity index (χ2v) is 6.14. The Hall–Kier alpha value is -0.0400. The van der Waals surface area contributed by atoms with Crippen molar-refractivity contribution in [1.29, 1.82) is 0 Å². The van der Waals surface area contributed by atoms with Crippen molar-refractivity contribution in [1.82, 2.24) is 5.32 Å². The van der Waals surface area contributed by atoms with Gasteiger partial charge in [-0.05, 0) is 43.2 Å². The third kappa shape index (κ3) is 8.15. The van der Waals surface area contributed by atoms with E-state index in [-0.39, 0.29) is 0 Å². The van der Waals surface area contributed by atoms with E-state index in [2.05, 4.69) is 46.9 Å². The van der Waals surface area contributed by atoms with E-state index in [0.717, 1.165) is 30.2 Å². The van der Waals surface area contributed by atoms with Gasteiger partial charge in [0.2, 0.25) is 0 Å². The molecule has 98 valence electrons. The molecule has 0 aliphatic heterocycles. The van der Waals surface area contributed by atoms with E-state index < -0.39 is 0 Å². The Morgan fingerprint density at radius 1 is 0.875 bits per heavy atom. The van der Waals surface area contributed by atoms with Gasteiger partial charge >= 0.3 is 0 Å². The van der Waals surface area contributed by atoms with Crippen LogP contribution in [0, 0.1) is 23.7 Å². The fourth-order valence-electron chi connectivity index (χ4n) is 2.28. The Morgan fingerprint density at radius 3 is 2.00 bits per heavy atom. The summed E-state index contributed by atoms with van der Waals surface area (Å²) >= 11 is 0. The van der Waals surface area contributed by atoms with Crippen molar-refractivity contribution in [2.45, 2.75) is 60.8 Å². The highest BCUT2D eigenvalue weighted by Gasteiger charge is 2.14. The molecule has 1 nitrogen and oxygen atoms in total. The zero-order valence-electron chi connectivity index (χ0n) is 12.3. The Bertz CT molecular complexity index is 154. The van der Waals surface area contributed by atoms with Crippen LogP contribution in [0.1, 0.15) is 60.8 Å². The summed E-state index contributed by atoms with van der Waals surface area (Å²) in [6.45, 7) is 16.3. The second kappa shape index (κ2) is 9.04. The lowest BCUT2D eigenvalue weighted by Gasteiger charge is -2.23. The van der Waals surface area contributed by atoms with E-state index in [0.29, 0.717) is 0 Å². The van der Waals surface area contributed by atoms with Crippen molar-refractivity contribution in [2.75, 3.05) is 13.1 Å². The lowest BCUT2D eigenvalue weighted by molar-refractivity contribution is 0.292. The molecule has 0 spiro atoms. The summed E-state index contributed by atoms with van der Waals surface area (Å²) in [5.74, 6) is 3.31. The van der Waals surface area contributed by atoms with Crippen molar-refractivity contribution in [3.8, 4) is 0 Å². The number of rotatable bonds is 9. The number of hydrogen-bond acceptors (Lipinski definition) is 1. The van der Waals surface area contributed by atoms with Crippen LogP contribution in [0.5, 0.6) is 0 Å². The molecule has 0 aromatic heterocycles. The molecule has 0 aliphatic rings. The van der Waals surface area contributed by atoms with Crippen LogP contribution >= 0.6 is 0 Å². The van der Waals surface area contributed by atoms with Crippen LogP contribution in [0.4, 0.5) is 0 Å². The summed E-state index contributed by atoms with van der Waals surface area (Å²) in [7, 11) is 0. The molecule has 1 heteroatoms. The zero-order valence-corrected chi connectivity index (χ0v) is 12.3. The minimum Gasteiger partial charge on any atom is -0.316 e. The minimum atomic E-state index is 0.765. The van der Waals surface area contributed by atoms with Crippen LogP contribution in [-0.4, -0.2) is 13.1 Å². The van der Waals surface area contributed by atoms with Crippen molar-refractivity contribution >= 4 is 0 Å². The minimum absolute atomic E-state index is 0.765. The molecule has 0 fully saturated rings. The molecule has 0 aromatic carbocycles. The first-order valence-corrected chi connectivity index (χ1v) is 7.18. The number of hydrogen-bond donors (Lipinski definition) is 1. The molecule has 3 unspecified atom stereocenters. The van der Waals surface area contributed by atoms with Crippen LogP contribution in [0.2, 0.25) is 0 Å². The molecule has 1 N–H and O–H groups in total. The van der Waals surface area contributed by atoms with E-state index in [1.165, 1.54) is 25.8 Å². The van der Waals surface area contributed by atoms with Gasteiger partial charge in [-0.15, -0.1) is 0 Å². The van der Waals surface area contributed by atoms with E-state index in [1.807, 2.05) is 0 Å². The van der Waals surface area contributed by atoms with E-state index in [4.69, 9.17) is 0 Å². The summed E-state index contributed by atoms with van der Waals surface area (Å²) < 4.78 is 0. The molecule has 0 saturated heterocycles. The Balaban J connectivity index is 3.67.